The molecule has 1 amide bonds. The molecule has 150 valence electrons. The lowest BCUT2D eigenvalue weighted by Crippen LogP contribution is -2.39. The highest BCUT2D eigenvalue weighted by Gasteiger charge is 2.23. The number of hydrogen-bond acceptors (Lipinski definition) is 7. The third-order valence-corrected chi connectivity index (χ3v) is 5.66. The molecule has 0 spiro atoms. The Morgan fingerprint density at radius 1 is 1.34 bits per heavy atom. The van der Waals surface area contributed by atoms with Crippen molar-refractivity contribution in [2.45, 2.75) is 19.3 Å². The average Bonchev–Trinajstić information content (AvgIpc) is 3.38. The number of carbonyl (C=O) groups is 1. The van der Waals surface area contributed by atoms with Gasteiger partial charge in [0.1, 0.15) is 12.1 Å². The predicted molar refractivity (Wildman–Crippen MR) is 113 cm³/mol. The average molecular weight is 410 g/mol. The first-order valence-electron chi connectivity index (χ1n) is 9.60. The lowest BCUT2D eigenvalue weighted by Gasteiger charge is -2.32. The van der Waals surface area contributed by atoms with Crippen molar-refractivity contribution >= 4 is 34.3 Å². The Hall–Kier alpha value is -3.07. The van der Waals surface area contributed by atoms with Crippen LogP contribution in [0.25, 0.3) is 6.08 Å². The van der Waals surface area contributed by atoms with E-state index in [0.717, 1.165) is 54.7 Å². The van der Waals surface area contributed by atoms with Crippen LogP contribution in [0, 0.1) is 5.92 Å². The molecule has 1 N–H and O–H groups in total. The maximum atomic E-state index is 12.6. The second-order valence-corrected chi connectivity index (χ2v) is 7.96. The molecule has 1 fully saturated rings. The molecule has 1 atom stereocenters. The maximum Gasteiger partial charge on any atom is 0.246 e. The van der Waals surface area contributed by atoms with Crippen molar-refractivity contribution in [3.63, 3.8) is 0 Å². The van der Waals surface area contributed by atoms with E-state index in [2.05, 4.69) is 25.4 Å². The summed E-state index contributed by atoms with van der Waals surface area (Å²) in [7, 11) is 1.86. The van der Waals surface area contributed by atoms with E-state index in [9.17, 15) is 4.79 Å². The van der Waals surface area contributed by atoms with Crippen LogP contribution in [0.15, 0.2) is 42.3 Å². The van der Waals surface area contributed by atoms with Crippen molar-refractivity contribution in [3.8, 4) is 0 Å². The fourth-order valence-corrected chi connectivity index (χ4v) is 4.05. The van der Waals surface area contributed by atoms with Gasteiger partial charge in [-0.3, -0.25) is 9.48 Å². The van der Waals surface area contributed by atoms with Crippen molar-refractivity contribution in [3.05, 3.63) is 53.7 Å². The Kier molecular flexibility index (Phi) is 5.95. The fourth-order valence-electron chi connectivity index (χ4n) is 3.51. The van der Waals surface area contributed by atoms with E-state index in [0.29, 0.717) is 5.92 Å². The van der Waals surface area contributed by atoms with Gasteiger partial charge in [-0.2, -0.15) is 5.10 Å². The largest absolute Gasteiger partial charge is 0.339 e. The van der Waals surface area contributed by atoms with Gasteiger partial charge in [-0.25, -0.2) is 15.0 Å². The molecule has 0 radical (unpaired) electrons. The minimum atomic E-state index is 0.0460. The Morgan fingerprint density at radius 3 is 3.07 bits per heavy atom. The SMILES string of the molecule is Cn1nccc1/C=C/C(=O)N1CCCC(Cc2cc(Nc3nccs3)ncn2)C1. The monoisotopic (exact) mass is 409 g/mol. The van der Waals surface area contributed by atoms with Crippen molar-refractivity contribution in [2.75, 3.05) is 18.4 Å². The van der Waals surface area contributed by atoms with E-state index in [4.69, 9.17) is 0 Å². The fraction of sp³-hybridized carbons (Fsp3) is 0.350. The molecule has 0 aliphatic carbocycles. The van der Waals surface area contributed by atoms with E-state index >= 15 is 0 Å². The summed E-state index contributed by atoms with van der Waals surface area (Å²) in [6, 6.07) is 3.85. The molecular weight excluding hydrogens is 386 g/mol. The molecule has 0 saturated carbocycles. The molecule has 1 unspecified atom stereocenters. The van der Waals surface area contributed by atoms with Crippen molar-refractivity contribution < 1.29 is 4.79 Å². The molecule has 0 aromatic carbocycles. The smallest absolute Gasteiger partial charge is 0.246 e. The summed E-state index contributed by atoms with van der Waals surface area (Å²) in [6.07, 6.45) is 11.4. The second-order valence-electron chi connectivity index (χ2n) is 7.07. The van der Waals surface area contributed by atoms with Gasteiger partial charge in [-0.1, -0.05) is 0 Å². The van der Waals surface area contributed by atoms with Gasteiger partial charge < -0.3 is 10.2 Å². The molecule has 3 aromatic heterocycles. The number of likely N-dealkylation sites (tertiary alicyclic amines) is 1. The summed E-state index contributed by atoms with van der Waals surface area (Å²) in [5.41, 5.74) is 1.89. The number of aryl methyl sites for hydroxylation is 1. The van der Waals surface area contributed by atoms with E-state index in [1.807, 2.05) is 35.5 Å². The van der Waals surface area contributed by atoms with Gasteiger partial charge in [0, 0.05) is 55.7 Å². The number of hydrogen-bond donors (Lipinski definition) is 1. The van der Waals surface area contributed by atoms with Crippen LogP contribution in [-0.2, 0) is 18.3 Å². The molecule has 4 rings (SSSR count). The van der Waals surface area contributed by atoms with Crippen LogP contribution >= 0.6 is 11.3 Å². The minimum absolute atomic E-state index is 0.0460. The van der Waals surface area contributed by atoms with Crippen molar-refractivity contribution in [2.24, 2.45) is 13.0 Å². The van der Waals surface area contributed by atoms with E-state index < -0.39 is 0 Å². The number of nitrogens with zero attached hydrogens (tertiary/aromatic N) is 6. The number of piperidine rings is 1. The molecule has 0 bridgehead atoms. The zero-order valence-corrected chi connectivity index (χ0v) is 17.0. The molecule has 1 aliphatic rings. The van der Waals surface area contributed by atoms with Crippen LogP contribution < -0.4 is 5.32 Å². The summed E-state index contributed by atoms with van der Waals surface area (Å²) < 4.78 is 1.75. The van der Waals surface area contributed by atoms with Crippen LogP contribution in [0.5, 0.6) is 0 Å². The molecule has 9 heteroatoms. The second kappa shape index (κ2) is 8.95. The van der Waals surface area contributed by atoms with Crippen molar-refractivity contribution in [1.29, 1.82) is 0 Å². The zero-order chi connectivity index (χ0) is 20.1. The van der Waals surface area contributed by atoms with E-state index in [-0.39, 0.29) is 5.91 Å². The number of amides is 1. The summed E-state index contributed by atoms with van der Waals surface area (Å²) in [6.45, 7) is 1.54. The van der Waals surface area contributed by atoms with Crippen molar-refractivity contribution in [1.82, 2.24) is 29.6 Å². The molecule has 29 heavy (non-hydrogen) atoms. The number of aromatic nitrogens is 5. The summed E-state index contributed by atoms with van der Waals surface area (Å²) >= 11 is 1.53. The normalized spacial score (nSPS) is 17.0. The molecule has 3 aromatic rings. The maximum absolute atomic E-state index is 12.6. The Balaban J connectivity index is 1.35. The van der Waals surface area contributed by atoms with Crippen LogP contribution in [0.1, 0.15) is 24.2 Å². The molecule has 8 nitrogen and oxygen atoms in total. The highest BCUT2D eigenvalue weighted by Crippen LogP contribution is 2.22. The zero-order valence-electron chi connectivity index (χ0n) is 16.2. The molecule has 1 saturated heterocycles. The summed E-state index contributed by atoms with van der Waals surface area (Å²) in [5.74, 6) is 1.18. The van der Waals surface area contributed by atoms with E-state index in [1.54, 1.807) is 29.5 Å². The molecular formula is C20H23N7OS. The van der Waals surface area contributed by atoms with Gasteiger partial charge in [0.05, 0.1) is 5.69 Å². The number of carbonyl (C=O) groups excluding carboxylic acids is 1. The van der Waals surface area contributed by atoms with Gasteiger partial charge >= 0.3 is 0 Å². The van der Waals surface area contributed by atoms with E-state index in [1.165, 1.54) is 11.3 Å². The van der Waals surface area contributed by atoms with Crippen LogP contribution in [0.3, 0.4) is 0 Å². The first kappa shape index (κ1) is 19.3. The minimum Gasteiger partial charge on any atom is -0.339 e. The lowest BCUT2D eigenvalue weighted by molar-refractivity contribution is -0.127. The first-order chi connectivity index (χ1) is 14.2. The summed E-state index contributed by atoms with van der Waals surface area (Å²) in [4.78, 5) is 27.4. The molecule has 1 aliphatic heterocycles. The number of nitrogens with one attached hydrogen (secondary N) is 1. The Bertz CT molecular complexity index is 982. The third kappa shape index (κ3) is 5.05. The first-order valence-corrected chi connectivity index (χ1v) is 10.5. The lowest BCUT2D eigenvalue weighted by atomic mass is 9.93. The van der Waals surface area contributed by atoms with Gasteiger partial charge in [0.25, 0.3) is 0 Å². The van der Waals surface area contributed by atoms with Crippen LogP contribution in [0.2, 0.25) is 0 Å². The Labute approximate surface area is 173 Å². The number of thiazole rings is 1. The molecule has 4 heterocycles. The highest BCUT2D eigenvalue weighted by atomic mass is 32.1. The quantitative estimate of drug-likeness (QED) is 0.630. The standard InChI is InChI=1S/C20H23N7OS/c1-26-17(6-7-24-26)4-5-19(28)27-9-2-3-15(13-27)11-16-12-18(23-14-22-16)25-20-21-8-10-29-20/h4-8,10,12,14-15H,2-3,9,11,13H2,1H3,(H,21,22,23,25)/b5-4+. The van der Waals surface area contributed by atoms with Crippen LogP contribution in [-0.4, -0.2) is 48.6 Å². The van der Waals surface area contributed by atoms with Gasteiger partial charge in [0.15, 0.2) is 5.13 Å². The Morgan fingerprint density at radius 2 is 2.28 bits per heavy atom. The van der Waals surface area contributed by atoms with Gasteiger partial charge in [-0.05, 0) is 37.3 Å². The van der Waals surface area contributed by atoms with Gasteiger partial charge in [-0.15, -0.1) is 11.3 Å². The van der Waals surface area contributed by atoms with Crippen LogP contribution in [0.4, 0.5) is 10.9 Å². The number of rotatable bonds is 6. The number of anilines is 2. The third-order valence-electron chi connectivity index (χ3n) is 4.98. The predicted octanol–water partition coefficient (Wildman–Crippen LogP) is 2.90. The summed E-state index contributed by atoms with van der Waals surface area (Å²) in [5, 5.41) is 10.0. The topological polar surface area (TPSA) is 88.8 Å². The van der Waals surface area contributed by atoms with Gasteiger partial charge in [0.2, 0.25) is 5.91 Å². The highest BCUT2D eigenvalue weighted by molar-refractivity contribution is 7.13.